The summed E-state index contributed by atoms with van der Waals surface area (Å²) in [6.45, 7) is 4.60. The molecule has 170 valence electrons. The average molecular weight is 447 g/mol. The van der Waals surface area contributed by atoms with Gasteiger partial charge in [0.1, 0.15) is 11.5 Å². The number of hydrogen-bond donors (Lipinski definition) is 0. The Kier molecular flexibility index (Phi) is 5.64. The largest absolute Gasteiger partial charge is 0.457 e. The second kappa shape index (κ2) is 9.08. The van der Waals surface area contributed by atoms with E-state index in [1.807, 2.05) is 18.5 Å². The lowest BCUT2D eigenvalue weighted by molar-refractivity contribution is 0.133. The van der Waals surface area contributed by atoms with E-state index in [-0.39, 0.29) is 0 Å². The first kappa shape index (κ1) is 21.1. The van der Waals surface area contributed by atoms with Crippen molar-refractivity contribution >= 4 is 0 Å². The Hall–Kier alpha value is -3.43. The molecule has 2 unspecified atom stereocenters. The number of piperidine rings is 1. The highest BCUT2D eigenvalue weighted by atomic mass is 16.5. The van der Waals surface area contributed by atoms with Gasteiger partial charge in [-0.15, -0.1) is 0 Å². The zero-order chi connectivity index (χ0) is 22.9. The average Bonchev–Trinajstić information content (AvgIpc) is 2.92. The van der Waals surface area contributed by atoms with Crippen LogP contribution in [0.5, 0.6) is 11.5 Å². The van der Waals surface area contributed by atoms with Crippen molar-refractivity contribution in [2.45, 2.75) is 31.7 Å². The summed E-state index contributed by atoms with van der Waals surface area (Å²) < 4.78 is 6.45. The molecule has 0 spiro atoms. The molecule has 4 aromatic rings. The second-order valence-corrected chi connectivity index (χ2v) is 9.57. The summed E-state index contributed by atoms with van der Waals surface area (Å²) in [4.78, 5) is 6.94. The van der Waals surface area contributed by atoms with Crippen molar-refractivity contribution < 1.29 is 4.74 Å². The lowest BCUT2D eigenvalue weighted by Gasteiger charge is -2.41. The number of nitrogens with zero attached hydrogens (tertiary/aromatic N) is 2. The number of rotatable bonds is 4. The summed E-state index contributed by atoms with van der Waals surface area (Å²) in [5.74, 6) is 2.97. The van der Waals surface area contributed by atoms with E-state index in [2.05, 4.69) is 95.7 Å². The van der Waals surface area contributed by atoms with Crippen molar-refractivity contribution in [2.24, 2.45) is 5.92 Å². The molecular formula is C31H30N2O. The number of hydrogen-bond acceptors (Lipinski definition) is 3. The molecule has 2 atom stereocenters. The lowest BCUT2D eigenvalue weighted by atomic mass is 9.74. The van der Waals surface area contributed by atoms with Crippen molar-refractivity contribution in [1.29, 1.82) is 0 Å². The smallest absolute Gasteiger partial charge is 0.131 e. The zero-order valence-electron chi connectivity index (χ0n) is 19.6. The Morgan fingerprint density at radius 3 is 2.35 bits per heavy atom. The Morgan fingerprint density at radius 1 is 0.794 bits per heavy atom. The van der Waals surface area contributed by atoms with Gasteiger partial charge in [0, 0.05) is 41.0 Å². The zero-order valence-corrected chi connectivity index (χ0v) is 19.6. The fraction of sp³-hybridized carbons (Fsp3) is 0.258. The molecule has 2 aliphatic rings. The van der Waals surface area contributed by atoms with Crippen LogP contribution in [0.15, 0.2) is 97.3 Å². The van der Waals surface area contributed by atoms with Gasteiger partial charge in [0.2, 0.25) is 0 Å². The molecule has 0 bridgehead atoms. The van der Waals surface area contributed by atoms with Crippen molar-refractivity contribution in [2.75, 3.05) is 13.1 Å². The number of likely N-dealkylation sites (tertiary alicyclic amines) is 1. The molecule has 2 aliphatic heterocycles. The third-order valence-electron chi connectivity index (χ3n) is 7.69. The number of fused-ring (bicyclic) bond motifs is 2. The monoisotopic (exact) mass is 446 g/mol. The molecule has 3 heterocycles. The predicted molar refractivity (Wildman–Crippen MR) is 137 cm³/mol. The van der Waals surface area contributed by atoms with E-state index in [0.717, 1.165) is 35.7 Å². The van der Waals surface area contributed by atoms with Gasteiger partial charge in [0.25, 0.3) is 0 Å². The lowest BCUT2D eigenvalue weighted by Crippen LogP contribution is -2.37. The highest BCUT2D eigenvalue weighted by molar-refractivity contribution is 5.67. The third kappa shape index (κ3) is 3.91. The molecule has 0 radical (unpaired) electrons. The fourth-order valence-electron chi connectivity index (χ4n) is 5.80. The molecule has 1 fully saturated rings. The SMILES string of the molecule is CC(c1ccccc1)N1CCC(C2c3ccccc3Oc3cc(-c4cccnc4)ccc32)CC1. The van der Waals surface area contributed by atoms with E-state index in [9.17, 15) is 0 Å². The summed E-state index contributed by atoms with van der Waals surface area (Å²) in [5.41, 5.74) is 6.33. The van der Waals surface area contributed by atoms with E-state index >= 15 is 0 Å². The maximum atomic E-state index is 6.45. The Balaban J connectivity index is 1.29. The molecule has 3 nitrogen and oxygen atoms in total. The minimum atomic E-state index is 0.372. The molecule has 0 N–H and O–H groups in total. The molecule has 3 aromatic carbocycles. The second-order valence-electron chi connectivity index (χ2n) is 9.57. The summed E-state index contributed by atoms with van der Waals surface area (Å²) in [7, 11) is 0. The van der Waals surface area contributed by atoms with Crippen LogP contribution in [0.3, 0.4) is 0 Å². The number of ether oxygens (including phenoxy) is 1. The van der Waals surface area contributed by atoms with Gasteiger partial charge < -0.3 is 4.74 Å². The molecule has 1 saturated heterocycles. The maximum Gasteiger partial charge on any atom is 0.131 e. The van der Waals surface area contributed by atoms with Crippen LogP contribution in [0.4, 0.5) is 0 Å². The van der Waals surface area contributed by atoms with Gasteiger partial charge in [0.15, 0.2) is 0 Å². The van der Waals surface area contributed by atoms with Gasteiger partial charge in [-0.2, -0.15) is 0 Å². The third-order valence-corrected chi connectivity index (χ3v) is 7.69. The van der Waals surface area contributed by atoms with Crippen LogP contribution >= 0.6 is 0 Å². The predicted octanol–water partition coefficient (Wildman–Crippen LogP) is 7.46. The number of pyridine rings is 1. The first-order chi connectivity index (χ1) is 16.8. The van der Waals surface area contributed by atoms with E-state index < -0.39 is 0 Å². The first-order valence-corrected chi connectivity index (χ1v) is 12.4. The summed E-state index contributed by atoms with van der Waals surface area (Å²) in [6.07, 6.45) is 6.12. The quantitative estimate of drug-likeness (QED) is 0.325. The van der Waals surface area contributed by atoms with E-state index in [1.165, 1.54) is 29.5 Å². The number of para-hydroxylation sites is 1. The van der Waals surface area contributed by atoms with Crippen molar-refractivity contribution in [3.8, 4) is 22.6 Å². The first-order valence-electron chi connectivity index (χ1n) is 12.4. The van der Waals surface area contributed by atoms with E-state index in [4.69, 9.17) is 4.74 Å². The molecule has 34 heavy (non-hydrogen) atoms. The summed E-state index contributed by atoms with van der Waals surface area (Å²) >= 11 is 0. The topological polar surface area (TPSA) is 25.4 Å². The van der Waals surface area contributed by atoms with Crippen LogP contribution < -0.4 is 4.74 Å². The van der Waals surface area contributed by atoms with Gasteiger partial charge in [-0.25, -0.2) is 0 Å². The standard InChI is InChI=1S/C31H30N2O/c1-22(23-8-3-2-4-9-23)33-18-15-24(16-19-33)31-27-11-5-6-12-29(27)34-30-20-25(13-14-28(30)31)26-10-7-17-32-21-26/h2-14,17,20-22,24,31H,15-16,18-19H2,1H3. The highest BCUT2D eigenvalue weighted by Gasteiger charge is 2.36. The van der Waals surface area contributed by atoms with Crippen LogP contribution in [0.1, 0.15) is 48.4 Å². The molecular weight excluding hydrogens is 416 g/mol. The van der Waals surface area contributed by atoms with E-state index in [0.29, 0.717) is 17.9 Å². The molecule has 6 rings (SSSR count). The van der Waals surface area contributed by atoms with Crippen LogP contribution in [0.25, 0.3) is 11.1 Å². The molecule has 0 aliphatic carbocycles. The van der Waals surface area contributed by atoms with Crippen molar-refractivity contribution in [3.05, 3.63) is 114 Å². The number of aromatic nitrogens is 1. The Labute approximate surface area is 202 Å². The van der Waals surface area contributed by atoms with Gasteiger partial charge in [0.05, 0.1) is 0 Å². The van der Waals surface area contributed by atoms with E-state index in [1.54, 1.807) is 0 Å². The minimum absolute atomic E-state index is 0.372. The number of benzene rings is 3. The molecule has 3 heteroatoms. The van der Waals surface area contributed by atoms with Gasteiger partial charge in [-0.3, -0.25) is 9.88 Å². The fourth-order valence-corrected chi connectivity index (χ4v) is 5.80. The van der Waals surface area contributed by atoms with Crippen LogP contribution in [-0.4, -0.2) is 23.0 Å². The van der Waals surface area contributed by atoms with Crippen LogP contribution in [0, 0.1) is 5.92 Å². The van der Waals surface area contributed by atoms with Gasteiger partial charge >= 0.3 is 0 Å². The molecule has 1 aromatic heterocycles. The minimum Gasteiger partial charge on any atom is -0.457 e. The summed E-state index contributed by atoms with van der Waals surface area (Å²) in [6, 6.07) is 30.8. The van der Waals surface area contributed by atoms with Gasteiger partial charge in [-0.05, 0) is 68.1 Å². The summed E-state index contributed by atoms with van der Waals surface area (Å²) in [5, 5.41) is 0. The maximum absolute atomic E-state index is 6.45. The van der Waals surface area contributed by atoms with Crippen LogP contribution in [0.2, 0.25) is 0 Å². The Morgan fingerprint density at radius 2 is 1.56 bits per heavy atom. The van der Waals surface area contributed by atoms with Crippen molar-refractivity contribution in [1.82, 2.24) is 9.88 Å². The highest BCUT2D eigenvalue weighted by Crippen LogP contribution is 2.50. The van der Waals surface area contributed by atoms with Gasteiger partial charge in [-0.1, -0.05) is 66.7 Å². The molecule has 0 saturated carbocycles. The Bertz CT molecular complexity index is 1260. The normalized spacial score (nSPS) is 19.0. The van der Waals surface area contributed by atoms with Crippen LogP contribution in [-0.2, 0) is 0 Å². The van der Waals surface area contributed by atoms with Crippen molar-refractivity contribution in [3.63, 3.8) is 0 Å². The molecule has 0 amide bonds.